The SMILES string of the molecule is Cc1ccc(F)c2c1NC(C(=O)Nc1cccc(N3CCC(N4CCOCC4)C3)c1)C2. The lowest BCUT2D eigenvalue weighted by Gasteiger charge is -2.32. The van der Waals surface area contributed by atoms with Crippen molar-refractivity contribution in [3.8, 4) is 0 Å². The first-order valence-corrected chi connectivity index (χ1v) is 11.1. The highest BCUT2D eigenvalue weighted by atomic mass is 19.1. The number of ether oxygens (including phenoxy) is 1. The molecule has 2 fully saturated rings. The second-order valence-corrected chi connectivity index (χ2v) is 8.70. The molecule has 164 valence electrons. The van der Waals surface area contributed by atoms with Crippen LogP contribution < -0.4 is 15.5 Å². The van der Waals surface area contributed by atoms with Gasteiger partial charge in [0.1, 0.15) is 11.9 Å². The number of halogens is 1. The molecule has 2 aromatic carbocycles. The van der Waals surface area contributed by atoms with Crippen LogP contribution in [-0.4, -0.2) is 62.3 Å². The van der Waals surface area contributed by atoms with E-state index in [0.29, 0.717) is 18.0 Å². The third-order valence-corrected chi connectivity index (χ3v) is 6.71. The summed E-state index contributed by atoms with van der Waals surface area (Å²) in [6, 6.07) is 11.3. The number of amides is 1. The summed E-state index contributed by atoms with van der Waals surface area (Å²) in [5.41, 5.74) is 4.20. The number of fused-ring (bicyclic) bond motifs is 1. The van der Waals surface area contributed by atoms with E-state index >= 15 is 0 Å². The molecule has 0 radical (unpaired) electrons. The first-order valence-electron chi connectivity index (χ1n) is 11.1. The van der Waals surface area contributed by atoms with Crippen LogP contribution in [0.15, 0.2) is 36.4 Å². The summed E-state index contributed by atoms with van der Waals surface area (Å²) in [6.07, 6.45) is 1.51. The molecule has 2 unspecified atom stereocenters. The molecule has 1 amide bonds. The summed E-state index contributed by atoms with van der Waals surface area (Å²) in [4.78, 5) is 17.8. The van der Waals surface area contributed by atoms with Crippen molar-refractivity contribution in [3.63, 3.8) is 0 Å². The quantitative estimate of drug-likeness (QED) is 0.790. The standard InChI is InChI=1S/C24H29FN4O2/c1-16-5-6-21(25)20-14-22(27-23(16)20)24(30)26-17-3-2-4-18(13-17)29-8-7-19(15-29)28-9-11-31-12-10-28/h2-6,13,19,22,27H,7-12,14-15H2,1H3,(H,26,30). The van der Waals surface area contributed by atoms with Crippen molar-refractivity contribution in [2.75, 3.05) is 54.9 Å². The predicted molar refractivity (Wildman–Crippen MR) is 120 cm³/mol. The summed E-state index contributed by atoms with van der Waals surface area (Å²) >= 11 is 0. The van der Waals surface area contributed by atoms with Gasteiger partial charge in [0.05, 0.1) is 13.2 Å². The average molecular weight is 425 g/mol. The van der Waals surface area contributed by atoms with Crippen LogP contribution in [0.4, 0.5) is 21.5 Å². The number of benzene rings is 2. The molecule has 3 aliphatic heterocycles. The van der Waals surface area contributed by atoms with E-state index in [9.17, 15) is 9.18 Å². The van der Waals surface area contributed by atoms with E-state index < -0.39 is 6.04 Å². The molecule has 5 rings (SSSR count). The minimum absolute atomic E-state index is 0.139. The Hall–Kier alpha value is -2.64. The summed E-state index contributed by atoms with van der Waals surface area (Å²) in [5, 5.41) is 6.22. The van der Waals surface area contributed by atoms with Gasteiger partial charge in [0.2, 0.25) is 5.91 Å². The number of anilines is 3. The Morgan fingerprint density at radius 2 is 2.03 bits per heavy atom. The highest BCUT2D eigenvalue weighted by molar-refractivity contribution is 5.98. The lowest BCUT2D eigenvalue weighted by Crippen LogP contribution is -2.44. The van der Waals surface area contributed by atoms with Gasteiger partial charge in [-0.15, -0.1) is 0 Å². The fraction of sp³-hybridized carbons (Fsp3) is 0.458. The van der Waals surface area contributed by atoms with Gasteiger partial charge in [-0.25, -0.2) is 4.39 Å². The fourth-order valence-electron chi connectivity index (χ4n) is 4.95. The summed E-state index contributed by atoms with van der Waals surface area (Å²) in [7, 11) is 0. The number of morpholine rings is 1. The van der Waals surface area contributed by atoms with Crippen LogP contribution in [0.3, 0.4) is 0 Å². The fourth-order valence-corrected chi connectivity index (χ4v) is 4.95. The molecule has 0 aliphatic carbocycles. The predicted octanol–water partition coefficient (Wildman–Crippen LogP) is 3.02. The lowest BCUT2D eigenvalue weighted by atomic mass is 10.1. The Morgan fingerprint density at radius 1 is 1.19 bits per heavy atom. The van der Waals surface area contributed by atoms with Crippen LogP contribution in [0.2, 0.25) is 0 Å². The second kappa shape index (κ2) is 8.48. The molecule has 2 atom stereocenters. The highest BCUT2D eigenvalue weighted by Crippen LogP contribution is 2.32. The molecule has 0 spiro atoms. The van der Waals surface area contributed by atoms with Gasteiger partial charge in [0.25, 0.3) is 0 Å². The van der Waals surface area contributed by atoms with E-state index in [0.717, 1.165) is 68.4 Å². The maximum absolute atomic E-state index is 14.1. The minimum atomic E-state index is -0.466. The number of carbonyl (C=O) groups is 1. The van der Waals surface area contributed by atoms with Gasteiger partial charge in [0, 0.05) is 61.3 Å². The van der Waals surface area contributed by atoms with Crippen LogP contribution in [0, 0.1) is 12.7 Å². The van der Waals surface area contributed by atoms with Gasteiger partial charge in [-0.05, 0) is 43.2 Å². The van der Waals surface area contributed by atoms with Crippen molar-refractivity contribution >= 4 is 23.0 Å². The van der Waals surface area contributed by atoms with Gasteiger partial charge >= 0.3 is 0 Å². The van der Waals surface area contributed by atoms with Crippen molar-refractivity contribution in [1.82, 2.24) is 4.90 Å². The Kier molecular flexibility index (Phi) is 5.54. The van der Waals surface area contributed by atoms with E-state index in [2.05, 4.69) is 26.5 Å². The largest absolute Gasteiger partial charge is 0.379 e. The maximum Gasteiger partial charge on any atom is 0.247 e. The molecule has 0 aromatic heterocycles. The smallest absolute Gasteiger partial charge is 0.247 e. The molecule has 2 N–H and O–H groups in total. The molecular weight excluding hydrogens is 395 g/mol. The van der Waals surface area contributed by atoms with Crippen molar-refractivity contribution in [2.45, 2.75) is 31.8 Å². The van der Waals surface area contributed by atoms with Gasteiger partial charge in [-0.3, -0.25) is 9.69 Å². The molecule has 3 aliphatic rings. The van der Waals surface area contributed by atoms with Gasteiger partial charge in [-0.1, -0.05) is 12.1 Å². The van der Waals surface area contributed by atoms with Crippen molar-refractivity contribution in [3.05, 3.63) is 53.3 Å². The Labute approximate surface area is 182 Å². The Morgan fingerprint density at radius 3 is 2.84 bits per heavy atom. The molecule has 7 heteroatoms. The average Bonchev–Trinajstić information content (AvgIpc) is 3.46. The van der Waals surface area contributed by atoms with Gasteiger partial charge in [0.15, 0.2) is 0 Å². The summed E-state index contributed by atoms with van der Waals surface area (Å²) in [5.74, 6) is -0.394. The van der Waals surface area contributed by atoms with Crippen LogP contribution >= 0.6 is 0 Å². The number of rotatable bonds is 4. The molecule has 2 aromatic rings. The molecule has 31 heavy (non-hydrogen) atoms. The highest BCUT2D eigenvalue weighted by Gasteiger charge is 2.31. The Balaban J connectivity index is 1.22. The normalized spacial score (nSPS) is 23.5. The van der Waals surface area contributed by atoms with Crippen LogP contribution in [0.1, 0.15) is 17.5 Å². The molecule has 3 heterocycles. The second-order valence-electron chi connectivity index (χ2n) is 8.70. The zero-order valence-corrected chi connectivity index (χ0v) is 17.9. The van der Waals surface area contributed by atoms with Crippen LogP contribution in [0.5, 0.6) is 0 Å². The molecule has 6 nitrogen and oxygen atoms in total. The van der Waals surface area contributed by atoms with E-state index in [1.165, 1.54) is 6.07 Å². The number of hydrogen-bond acceptors (Lipinski definition) is 5. The topological polar surface area (TPSA) is 56.8 Å². The first-order chi connectivity index (χ1) is 15.1. The number of carbonyl (C=O) groups excluding carboxylic acids is 1. The van der Waals surface area contributed by atoms with Gasteiger partial charge < -0.3 is 20.3 Å². The van der Waals surface area contributed by atoms with Crippen LogP contribution in [0.25, 0.3) is 0 Å². The summed E-state index contributed by atoms with van der Waals surface area (Å²) in [6.45, 7) is 7.58. The zero-order valence-electron chi connectivity index (χ0n) is 17.9. The van der Waals surface area contributed by atoms with E-state index in [4.69, 9.17) is 4.74 Å². The minimum Gasteiger partial charge on any atom is -0.379 e. The van der Waals surface area contributed by atoms with Crippen molar-refractivity contribution in [2.24, 2.45) is 0 Å². The number of nitrogens with zero attached hydrogens (tertiary/aromatic N) is 2. The number of hydrogen-bond donors (Lipinski definition) is 2. The van der Waals surface area contributed by atoms with E-state index in [1.807, 2.05) is 25.1 Å². The molecule has 0 bridgehead atoms. The maximum atomic E-state index is 14.1. The number of aryl methyl sites for hydroxylation is 1. The van der Waals surface area contributed by atoms with Crippen molar-refractivity contribution in [1.29, 1.82) is 0 Å². The van der Waals surface area contributed by atoms with Gasteiger partial charge in [-0.2, -0.15) is 0 Å². The molecule has 0 saturated carbocycles. The van der Waals surface area contributed by atoms with Crippen LogP contribution in [-0.2, 0) is 16.0 Å². The summed E-state index contributed by atoms with van der Waals surface area (Å²) < 4.78 is 19.6. The first kappa shape index (κ1) is 20.3. The Bertz CT molecular complexity index is 945. The molecule has 2 saturated heterocycles. The number of nitrogens with one attached hydrogen (secondary N) is 2. The van der Waals surface area contributed by atoms with Crippen molar-refractivity contribution < 1.29 is 13.9 Å². The zero-order chi connectivity index (χ0) is 21.4. The lowest BCUT2D eigenvalue weighted by molar-refractivity contribution is -0.116. The third kappa shape index (κ3) is 4.12. The van der Waals surface area contributed by atoms with E-state index in [1.54, 1.807) is 6.07 Å². The monoisotopic (exact) mass is 424 g/mol. The molecular formula is C24H29FN4O2. The third-order valence-electron chi connectivity index (χ3n) is 6.71. The van der Waals surface area contributed by atoms with E-state index in [-0.39, 0.29) is 11.7 Å².